The second kappa shape index (κ2) is 8.22. The predicted octanol–water partition coefficient (Wildman–Crippen LogP) is 5.04. The molecule has 1 aliphatic heterocycles. The largest absolute Gasteiger partial charge is 0.419 e. The molecule has 0 fully saturated rings. The zero-order valence-electron chi connectivity index (χ0n) is 16.8. The molecule has 0 saturated heterocycles. The molecule has 10 heteroatoms. The van der Waals surface area contributed by atoms with Crippen LogP contribution in [0.5, 0.6) is 0 Å². The summed E-state index contributed by atoms with van der Waals surface area (Å²) in [5, 5.41) is 11.0. The minimum absolute atomic E-state index is 0.117. The zero-order valence-corrected chi connectivity index (χ0v) is 16.8. The van der Waals surface area contributed by atoms with Crippen LogP contribution in [0.15, 0.2) is 54.7 Å². The molecule has 32 heavy (non-hydrogen) atoms. The SMILES string of the molecule is CC(=O)Nc1ccccc1Nc1cc(Nc2ccc3c(c2)CC(=O)N3)ncc1C(F)(F)F. The van der Waals surface area contributed by atoms with E-state index in [-0.39, 0.29) is 29.7 Å². The molecule has 0 unspecified atom stereocenters. The standard InChI is InChI=1S/C22H18F3N5O2/c1-12(31)27-17-4-2-3-5-18(17)29-19-10-20(26-11-15(19)22(23,24)25)28-14-6-7-16-13(8-14)9-21(32)30-16/h2-8,10-11H,9H2,1H3,(H,27,31)(H,30,32)(H2,26,28,29). The van der Waals surface area contributed by atoms with E-state index in [9.17, 15) is 22.8 Å². The number of nitrogens with zero attached hydrogens (tertiary/aromatic N) is 1. The van der Waals surface area contributed by atoms with Gasteiger partial charge in [0.05, 0.1) is 29.0 Å². The molecular weight excluding hydrogens is 423 g/mol. The maximum atomic E-state index is 13.6. The molecule has 1 aliphatic rings. The molecule has 2 heterocycles. The Labute approximate surface area is 181 Å². The van der Waals surface area contributed by atoms with Crippen LogP contribution in [-0.2, 0) is 22.2 Å². The third-order valence-electron chi connectivity index (χ3n) is 4.72. The number of aromatic nitrogens is 1. The van der Waals surface area contributed by atoms with Crippen LogP contribution in [0.3, 0.4) is 0 Å². The number of carbonyl (C=O) groups is 2. The topological polar surface area (TPSA) is 95.2 Å². The predicted molar refractivity (Wildman–Crippen MR) is 115 cm³/mol. The number of hydrogen-bond acceptors (Lipinski definition) is 5. The minimum Gasteiger partial charge on any atom is -0.353 e. The van der Waals surface area contributed by atoms with E-state index in [1.807, 2.05) is 0 Å². The summed E-state index contributed by atoms with van der Waals surface area (Å²) in [6, 6.07) is 12.8. The molecule has 2 amide bonds. The van der Waals surface area contributed by atoms with Gasteiger partial charge in [-0.1, -0.05) is 12.1 Å². The molecule has 4 rings (SSSR count). The van der Waals surface area contributed by atoms with Crippen LogP contribution in [0.2, 0.25) is 0 Å². The molecule has 0 atom stereocenters. The number of nitrogens with one attached hydrogen (secondary N) is 4. The smallest absolute Gasteiger partial charge is 0.353 e. The van der Waals surface area contributed by atoms with Gasteiger partial charge in [-0.05, 0) is 35.9 Å². The molecule has 0 radical (unpaired) electrons. The Bertz CT molecular complexity index is 1210. The molecule has 164 valence electrons. The van der Waals surface area contributed by atoms with Gasteiger partial charge in [0.1, 0.15) is 5.82 Å². The Morgan fingerprint density at radius 2 is 1.78 bits per heavy atom. The number of anilines is 6. The summed E-state index contributed by atoms with van der Waals surface area (Å²) in [5.74, 6) is -0.291. The number of rotatable bonds is 5. The quantitative estimate of drug-likeness (QED) is 0.445. The first-order valence-electron chi connectivity index (χ1n) is 9.60. The summed E-state index contributed by atoms with van der Waals surface area (Å²) in [4.78, 5) is 26.9. The lowest BCUT2D eigenvalue weighted by Gasteiger charge is -2.18. The number of carbonyl (C=O) groups excluding carboxylic acids is 2. The van der Waals surface area contributed by atoms with Crippen molar-refractivity contribution in [3.8, 4) is 0 Å². The van der Waals surface area contributed by atoms with Gasteiger partial charge in [0.25, 0.3) is 0 Å². The second-order valence-corrected chi connectivity index (χ2v) is 7.19. The number of hydrogen-bond donors (Lipinski definition) is 4. The normalized spacial score (nSPS) is 12.7. The molecule has 2 aromatic carbocycles. The van der Waals surface area contributed by atoms with E-state index >= 15 is 0 Å². The average Bonchev–Trinajstić information content (AvgIpc) is 3.08. The molecule has 0 saturated carbocycles. The van der Waals surface area contributed by atoms with Crippen LogP contribution < -0.4 is 21.3 Å². The number of amides is 2. The summed E-state index contributed by atoms with van der Waals surface area (Å²) in [6.45, 7) is 1.31. The van der Waals surface area contributed by atoms with Crippen molar-refractivity contribution >= 4 is 46.1 Å². The summed E-state index contributed by atoms with van der Waals surface area (Å²) in [7, 11) is 0. The van der Waals surface area contributed by atoms with E-state index in [0.29, 0.717) is 22.7 Å². The van der Waals surface area contributed by atoms with Crippen molar-refractivity contribution in [1.82, 2.24) is 4.98 Å². The van der Waals surface area contributed by atoms with Crippen molar-refractivity contribution in [3.05, 3.63) is 65.9 Å². The number of benzene rings is 2. The first-order chi connectivity index (χ1) is 15.2. The Morgan fingerprint density at radius 3 is 2.50 bits per heavy atom. The molecule has 7 nitrogen and oxygen atoms in total. The zero-order chi connectivity index (χ0) is 22.9. The van der Waals surface area contributed by atoms with Crippen LogP contribution in [0.1, 0.15) is 18.1 Å². The van der Waals surface area contributed by atoms with E-state index < -0.39 is 11.7 Å². The van der Waals surface area contributed by atoms with Crippen LogP contribution in [0.4, 0.5) is 47.4 Å². The lowest BCUT2D eigenvalue weighted by atomic mass is 10.1. The fraction of sp³-hybridized carbons (Fsp3) is 0.136. The lowest BCUT2D eigenvalue weighted by Crippen LogP contribution is -2.12. The number of pyridine rings is 1. The Morgan fingerprint density at radius 1 is 1.03 bits per heavy atom. The molecule has 3 aromatic rings. The third-order valence-corrected chi connectivity index (χ3v) is 4.72. The number of halogens is 3. The summed E-state index contributed by atoms with van der Waals surface area (Å²) in [5.41, 5.74) is 1.53. The van der Waals surface area contributed by atoms with Gasteiger partial charge in [0.2, 0.25) is 11.8 Å². The summed E-state index contributed by atoms with van der Waals surface area (Å²) >= 11 is 0. The van der Waals surface area contributed by atoms with Crippen molar-refractivity contribution in [2.45, 2.75) is 19.5 Å². The third kappa shape index (κ3) is 4.64. The van der Waals surface area contributed by atoms with Gasteiger partial charge in [0, 0.05) is 30.6 Å². The Kier molecular flexibility index (Phi) is 5.43. The van der Waals surface area contributed by atoms with Crippen molar-refractivity contribution < 1.29 is 22.8 Å². The Hall–Kier alpha value is -4.08. The molecular formula is C22H18F3N5O2. The maximum Gasteiger partial charge on any atom is 0.419 e. The summed E-state index contributed by atoms with van der Waals surface area (Å²) in [6.07, 6.45) is -3.67. The van der Waals surface area contributed by atoms with Crippen LogP contribution >= 0.6 is 0 Å². The first kappa shape index (κ1) is 21.2. The molecule has 0 spiro atoms. The molecule has 0 aliphatic carbocycles. The first-order valence-corrected chi connectivity index (χ1v) is 9.60. The van der Waals surface area contributed by atoms with Crippen LogP contribution in [-0.4, -0.2) is 16.8 Å². The average molecular weight is 441 g/mol. The maximum absolute atomic E-state index is 13.6. The number of alkyl halides is 3. The van der Waals surface area contributed by atoms with Gasteiger partial charge in [-0.3, -0.25) is 9.59 Å². The van der Waals surface area contributed by atoms with Gasteiger partial charge in [-0.2, -0.15) is 13.2 Å². The van der Waals surface area contributed by atoms with Gasteiger partial charge >= 0.3 is 6.18 Å². The van der Waals surface area contributed by atoms with Gasteiger partial charge in [-0.25, -0.2) is 4.98 Å². The van der Waals surface area contributed by atoms with Crippen molar-refractivity contribution in [2.24, 2.45) is 0 Å². The van der Waals surface area contributed by atoms with E-state index in [1.165, 1.54) is 13.0 Å². The van der Waals surface area contributed by atoms with Gasteiger partial charge in [-0.15, -0.1) is 0 Å². The van der Waals surface area contributed by atoms with Crippen molar-refractivity contribution in [2.75, 3.05) is 21.3 Å². The molecule has 4 N–H and O–H groups in total. The van der Waals surface area contributed by atoms with Gasteiger partial charge < -0.3 is 21.3 Å². The van der Waals surface area contributed by atoms with Crippen molar-refractivity contribution in [1.29, 1.82) is 0 Å². The molecule has 1 aromatic heterocycles. The number of fused-ring (bicyclic) bond motifs is 1. The van der Waals surface area contributed by atoms with E-state index in [4.69, 9.17) is 0 Å². The highest BCUT2D eigenvalue weighted by Crippen LogP contribution is 2.38. The fourth-order valence-electron chi connectivity index (χ4n) is 3.34. The van der Waals surface area contributed by atoms with E-state index in [0.717, 1.165) is 11.8 Å². The van der Waals surface area contributed by atoms with Crippen molar-refractivity contribution in [3.63, 3.8) is 0 Å². The highest BCUT2D eigenvalue weighted by Gasteiger charge is 2.34. The van der Waals surface area contributed by atoms with Crippen LogP contribution in [0, 0.1) is 0 Å². The highest BCUT2D eigenvalue weighted by atomic mass is 19.4. The van der Waals surface area contributed by atoms with E-state index in [1.54, 1.807) is 42.5 Å². The fourth-order valence-corrected chi connectivity index (χ4v) is 3.34. The minimum atomic E-state index is -4.64. The highest BCUT2D eigenvalue weighted by molar-refractivity contribution is 5.99. The monoisotopic (exact) mass is 441 g/mol. The lowest BCUT2D eigenvalue weighted by molar-refractivity contribution is -0.137. The van der Waals surface area contributed by atoms with Gasteiger partial charge in [0.15, 0.2) is 0 Å². The number of para-hydroxylation sites is 2. The van der Waals surface area contributed by atoms with E-state index in [2.05, 4.69) is 26.3 Å². The second-order valence-electron chi connectivity index (χ2n) is 7.19. The molecule has 0 bridgehead atoms. The summed E-state index contributed by atoms with van der Waals surface area (Å²) < 4.78 is 40.8. The van der Waals surface area contributed by atoms with Crippen LogP contribution in [0.25, 0.3) is 0 Å². The Balaban J connectivity index is 1.66.